The third kappa shape index (κ3) is 2.98. The molecule has 3 rings (SSSR count). The van der Waals surface area contributed by atoms with E-state index in [1.54, 1.807) is 6.92 Å². The summed E-state index contributed by atoms with van der Waals surface area (Å²) in [5.74, 6) is 0.000387. The third-order valence-corrected chi connectivity index (χ3v) is 6.19. The summed E-state index contributed by atoms with van der Waals surface area (Å²) in [6, 6.07) is 0.902. The zero-order valence-corrected chi connectivity index (χ0v) is 14.3. The summed E-state index contributed by atoms with van der Waals surface area (Å²) in [5, 5.41) is 0. The van der Waals surface area contributed by atoms with E-state index >= 15 is 0 Å². The van der Waals surface area contributed by atoms with Gasteiger partial charge in [0.05, 0.1) is 0 Å². The lowest BCUT2D eigenvalue weighted by atomic mass is 9.87. The largest absolute Gasteiger partial charge is 0.368 e. The molecule has 0 saturated carbocycles. The van der Waals surface area contributed by atoms with Crippen LogP contribution in [0.15, 0.2) is 0 Å². The molecule has 3 atom stereocenters. The number of primary amides is 1. The SMILES string of the molecule is CC(=O)N1CCC(N(C)CCN2[C@@H]3C[CH]C[C@@]2(C(N)=O)CC3)C1. The highest BCUT2D eigenvalue weighted by molar-refractivity contribution is 5.85. The highest BCUT2D eigenvalue weighted by Gasteiger charge is 2.52. The van der Waals surface area contributed by atoms with Crippen LogP contribution in [0, 0.1) is 6.42 Å². The molecular formula is C17H29N4O2. The topological polar surface area (TPSA) is 69.9 Å². The first kappa shape index (κ1) is 16.7. The number of likely N-dealkylation sites (N-methyl/N-ethyl adjacent to an activating group) is 1. The molecule has 1 unspecified atom stereocenters. The fraction of sp³-hybridized carbons (Fsp3) is 0.824. The molecule has 2 bridgehead atoms. The van der Waals surface area contributed by atoms with Gasteiger partial charge in [-0.3, -0.25) is 14.5 Å². The maximum absolute atomic E-state index is 12.1. The van der Waals surface area contributed by atoms with Crippen LogP contribution in [0.2, 0.25) is 0 Å². The maximum Gasteiger partial charge on any atom is 0.237 e. The summed E-state index contributed by atoms with van der Waals surface area (Å²) in [6.45, 7) is 5.12. The summed E-state index contributed by atoms with van der Waals surface area (Å²) in [5.41, 5.74) is 5.31. The van der Waals surface area contributed by atoms with Gasteiger partial charge >= 0.3 is 0 Å². The van der Waals surface area contributed by atoms with E-state index in [1.807, 2.05) is 4.90 Å². The lowest BCUT2D eigenvalue weighted by Crippen LogP contribution is -2.59. The first-order chi connectivity index (χ1) is 10.9. The molecule has 0 aromatic rings. The summed E-state index contributed by atoms with van der Waals surface area (Å²) < 4.78 is 0. The van der Waals surface area contributed by atoms with Crippen LogP contribution in [-0.2, 0) is 9.59 Å². The first-order valence-electron chi connectivity index (χ1n) is 8.78. The quantitative estimate of drug-likeness (QED) is 0.787. The second kappa shape index (κ2) is 6.40. The molecular weight excluding hydrogens is 292 g/mol. The highest BCUT2D eigenvalue weighted by atomic mass is 16.2. The van der Waals surface area contributed by atoms with Gasteiger partial charge in [-0.05, 0) is 45.6 Å². The molecule has 6 heteroatoms. The number of nitrogens with two attached hydrogens (primary N) is 1. The van der Waals surface area contributed by atoms with Gasteiger partial charge in [-0.15, -0.1) is 0 Å². The second-order valence-corrected chi connectivity index (χ2v) is 7.40. The molecule has 0 spiro atoms. The van der Waals surface area contributed by atoms with Crippen molar-refractivity contribution in [2.75, 3.05) is 33.2 Å². The van der Waals surface area contributed by atoms with Crippen molar-refractivity contribution in [3.05, 3.63) is 6.42 Å². The van der Waals surface area contributed by atoms with E-state index in [1.165, 1.54) is 0 Å². The van der Waals surface area contributed by atoms with Crippen molar-refractivity contribution in [2.24, 2.45) is 5.73 Å². The Bertz CT molecular complexity index is 479. The van der Waals surface area contributed by atoms with Crippen LogP contribution in [0.5, 0.6) is 0 Å². The van der Waals surface area contributed by atoms with Gasteiger partial charge in [0.25, 0.3) is 0 Å². The van der Waals surface area contributed by atoms with Crippen molar-refractivity contribution in [1.82, 2.24) is 14.7 Å². The predicted molar refractivity (Wildman–Crippen MR) is 88.5 cm³/mol. The molecule has 0 aromatic carbocycles. The predicted octanol–water partition coefficient (Wildman–Crippen LogP) is 0.226. The smallest absolute Gasteiger partial charge is 0.237 e. The Kier molecular flexibility index (Phi) is 4.65. The lowest BCUT2D eigenvalue weighted by molar-refractivity contribution is -0.131. The molecule has 3 saturated heterocycles. The van der Waals surface area contributed by atoms with Crippen molar-refractivity contribution >= 4 is 11.8 Å². The lowest BCUT2D eigenvalue weighted by Gasteiger charge is -2.43. The van der Waals surface area contributed by atoms with Gasteiger partial charge in [0.1, 0.15) is 5.54 Å². The monoisotopic (exact) mass is 321 g/mol. The zero-order valence-electron chi connectivity index (χ0n) is 14.3. The van der Waals surface area contributed by atoms with Crippen molar-refractivity contribution in [3.63, 3.8) is 0 Å². The Morgan fingerprint density at radius 1 is 1.39 bits per heavy atom. The number of hydrogen-bond donors (Lipinski definition) is 1. The molecule has 1 radical (unpaired) electrons. The average Bonchev–Trinajstić information content (AvgIpc) is 3.07. The van der Waals surface area contributed by atoms with E-state index in [0.29, 0.717) is 12.1 Å². The molecule has 0 aromatic heterocycles. The van der Waals surface area contributed by atoms with Crippen LogP contribution < -0.4 is 5.73 Å². The van der Waals surface area contributed by atoms with Crippen LogP contribution in [0.3, 0.4) is 0 Å². The average molecular weight is 321 g/mol. The van der Waals surface area contributed by atoms with E-state index in [4.69, 9.17) is 5.73 Å². The molecule has 3 aliphatic rings. The van der Waals surface area contributed by atoms with Crippen LogP contribution in [0.4, 0.5) is 0 Å². The molecule has 0 aliphatic carbocycles. The Hall–Kier alpha value is -1.14. The fourth-order valence-electron chi connectivity index (χ4n) is 4.63. The normalized spacial score (nSPS) is 34.3. The van der Waals surface area contributed by atoms with Crippen molar-refractivity contribution in [3.8, 4) is 0 Å². The van der Waals surface area contributed by atoms with Gasteiger partial charge in [-0.25, -0.2) is 0 Å². The number of fused-ring (bicyclic) bond motifs is 2. The van der Waals surface area contributed by atoms with E-state index in [2.05, 4.69) is 23.3 Å². The molecule has 3 aliphatic heterocycles. The molecule has 23 heavy (non-hydrogen) atoms. The van der Waals surface area contributed by atoms with E-state index < -0.39 is 5.54 Å². The van der Waals surface area contributed by atoms with Gasteiger partial charge in [0.15, 0.2) is 0 Å². The minimum atomic E-state index is -0.440. The minimum Gasteiger partial charge on any atom is -0.368 e. The summed E-state index contributed by atoms with van der Waals surface area (Å²) in [6.07, 6.45) is 7.11. The number of amides is 2. The molecule has 3 fully saturated rings. The van der Waals surface area contributed by atoms with Gasteiger partial charge in [0, 0.05) is 45.2 Å². The fourth-order valence-corrected chi connectivity index (χ4v) is 4.63. The Labute approximate surface area is 139 Å². The number of nitrogens with zero attached hydrogens (tertiary/aromatic N) is 3. The second-order valence-electron chi connectivity index (χ2n) is 7.40. The first-order valence-corrected chi connectivity index (χ1v) is 8.78. The Morgan fingerprint density at radius 3 is 2.83 bits per heavy atom. The number of carbonyl (C=O) groups is 2. The van der Waals surface area contributed by atoms with Gasteiger partial charge in [-0.2, -0.15) is 0 Å². The molecule has 2 amide bonds. The number of rotatable bonds is 5. The van der Waals surface area contributed by atoms with Crippen molar-refractivity contribution in [1.29, 1.82) is 0 Å². The molecule has 129 valence electrons. The van der Waals surface area contributed by atoms with Crippen LogP contribution in [0.1, 0.15) is 39.0 Å². The van der Waals surface area contributed by atoms with Gasteiger partial charge < -0.3 is 15.5 Å². The third-order valence-electron chi connectivity index (χ3n) is 6.19. The Balaban J connectivity index is 1.57. The van der Waals surface area contributed by atoms with Gasteiger partial charge in [-0.1, -0.05) is 0 Å². The van der Waals surface area contributed by atoms with Crippen molar-refractivity contribution in [2.45, 2.75) is 56.7 Å². The number of hydrogen-bond acceptors (Lipinski definition) is 4. The standard InChI is InChI=1S/C17H29N4O2/c1-13(22)20-9-6-15(12-20)19(2)10-11-21-14-4-3-7-17(21,8-5-14)16(18)23/h3,14-15H,4-12H2,1-2H3,(H2,18,23)/t14-,15?,17+/m1/s1. The van der Waals surface area contributed by atoms with Crippen LogP contribution in [0.25, 0.3) is 0 Å². The summed E-state index contributed by atoms with van der Waals surface area (Å²) in [4.78, 5) is 30.2. The highest BCUT2D eigenvalue weighted by Crippen LogP contribution is 2.43. The number of likely N-dealkylation sites (tertiary alicyclic amines) is 1. The Morgan fingerprint density at radius 2 is 2.17 bits per heavy atom. The summed E-state index contributed by atoms with van der Waals surface area (Å²) >= 11 is 0. The summed E-state index contributed by atoms with van der Waals surface area (Å²) in [7, 11) is 2.13. The van der Waals surface area contributed by atoms with Crippen LogP contribution >= 0.6 is 0 Å². The molecule has 3 heterocycles. The van der Waals surface area contributed by atoms with E-state index in [-0.39, 0.29) is 11.8 Å². The van der Waals surface area contributed by atoms with E-state index in [9.17, 15) is 9.59 Å². The number of carbonyl (C=O) groups excluding carboxylic acids is 2. The molecule has 6 nitrogen and oxygen atoms in total. The van der Waals surface area contributed by atoms with E-state index in [0.717, 1.165) is 58.3 Å². The zero-order chi connectivity index (χ0) is 16.6. The van der Waals surface area contributed by atoms with Crippen molar-refractivity contribution < 1.29 is 9.59 Å². The maximum atomic E-state index is 12.1. The minimum absolute atomic E-state index is 0.165. The van der Waals surface area contributed by atoms with Crippen LogP contribution in [-0.4, -0.2) is 77.4 Å². The number of piperidine rings is 1. The van der Waals surface area contributed by atoms with Gasteiger partial charge in [0.2, 0.25) is 11.8 Å². The molecule has 2 N–H and O–H groups in total.